The van der Waals surface area contributed by atoms with Gasteiger partial charge in [-0.25, -0.2) is 0 Å². The molecule has 0 radical (unpaired) electrons. The molecule has 0 fully saturated rings. The third kappa shape index (κ3) is 5.95. The van der Waals surface area contributed by atoms with Crippen molar-refractivity contribution in [1.82, 2.24) is 0 Å². The number of guanidine groups is 1. The number of anilines is 1. The minimum atomic E-state index is -0.681. The predicted molar refractivity (Wildman–Crippen MR) is 88.7 cm³/mol. The molecule has 2 aromatic carbocycles. The van der Waals surface area contributed by atoms with Gasteiger partial charge >= 0.3 is 0 Å². The van der Waals surface area contributed by atoms with Gasteiger partial charge in [-0.1, -0.05) is 48.5 Å². The van der Waals surface area contributed by atoms with Crippen LogP contribution in [0, 0.1) is 0 Å². The Hall–Kier alpha value is -2.37. The molecule has 5 nitrogen and oxygen atoms in total. The van der Waals surface area contributed by atoms with Crippen LogP contribution in [-0.2, 0) is 11.3 Å². The zero-order valence-corrected chi connectivity index (χ0v) is 12.4. The molecule has 1 unspecified atom stereocenters. The number of aliphatic hydroxyl groups excluding tert-OH is 1. The molecule has 0 heterocycles. The van der Waals surface area contributed by atoms with E-state index in [4.69, 9.17) is 10.5 Å². The zero-order chi connectivity index (χ0) is 15.6. The monoisotopic (exact) mass is 299 g/mol. The standard InChI is InChI=1S/C17H21N3O2/c18-17(20-15-9-5-2-6-10-15)19-11-16(21)13-22-12-14-7-3-1-4-8-14/h1-10,16,21H,11-13H2,(H3,18,19,20). The Bertz CT molecular complexity index is 573. The van der Waals surface area contributed by atoms with Gasteiger partial charge in [0.15, 0.2) is 5.96 Å². The maximum atomic E-state index is 9.83. The minimum absolute atomic E-state index is 0.195. The van der Waals surface area contributed by atoms with Crippen LogP contribution in [0.5, 0.6) is 0 Å². The van der Waals surface area contributed by atoms with Gasteiger partial charge in [-0.15, -0.1) is 0 Å². The second-order valence-electron chi connectivity index (χ2n) is 4.87. The molecule has 0 saturated heterocycles. The minimum Gasteiger partial charge on any atom is -0.389 e. The van der Waals surface area contributed by atoms with E-state index in [9.17, 15) is 5.11 Å². The van der Waals surface area contributed by atoms with Gasteiger partial charge < -0.3 is 20.9 Å². The van der Waals surface area contributed by atoms with Gasteiger partial charge in [0.05, 0.1) is 25.9 Å². The molecule has 4 N–H and O–H groups in total. The molecule has 2 rings (SSSR count). The van der Waals surface area contributed by atoms with Crippen LogP contribution < -0.4 is 11.1 Å². The van der Waals surface area contributed by atoms with Gasteiger partial charge in [0, 0.05) is 5.69 Å². The molecule has 0 aromatic heterocycles. The summed E-state index contributed by atoms with van der Waals surface area (Å²) in [6, 6.07) is 19.3. The number of hydrogen-bond acceptors (Lipinski definition) is 3. The highest BCUT2D eigenvalue weighted by Gasteiger charge is 2.04. The molecule has 5 heteroatoms. The lowest BCUT2D eigenvalue weighted by molar-refractivity contribution is 0.0331. The summed E-state index contributed by atoms with van der Waals surface area (Å²) >= 11 is 0. The highest BCUT2D eigenvalue weighted by atomic mass is 16.5. The number of benzene rings is 2. The average Bonchev–Trinajstić information content (AvgIpc) is 2.55. The van der Waals surface area contributed by atoms with Crippen molar-refractivity contribution in [3.05, 3.63) is 66.2 Å². The third-order valence-electron chi connectivity index (χ3n) is 2.94. The van der Waals surface area contributed by atoms with Crippen molar-refractivity contribution in [2.75, 3.05) is 18.5 Å². The smallest absolute Gasteiger partial charge is 0.193 e. The molecule has 0 aliphatic carbocycles. The fourth-order valence-corrected chi connectivity index (χ4v) is 1.85. The van der Waals surface area contributed by atoms with E-state index in [0.29, 0.717) is 6.61 Å². The maximum Gasteiger partial charge on any atom is 0.193 e. The number of ether oxygens (including phenoxy) is 1. The molecule has 1 atom stereocenters. The topological polar surface area (TPSA) is 79.9 Å². The molecular formula is C17H21N3O2. The second kappa shape index (κ2) is 8.81. The number of aliphatic hydroxyl groups is 1. The normalized spacial score (nSPS) is 12.9. The van der Waals surface area contributed by atoms with Crippen molar-refractivity contribution >= 4 is 11.6 Å². The van der Waals surface area contributed by atoms with Gasteiger partial charge in [0.1, 0.15) is 0 Å². The Labute approximate surface area is 130 Å². The van der Waals surface area contributed by atoms with Crippen LogP contribution in [-0.4, -0.2) is 30.3 Å². The van der Waals surface area contributed by atoms with Crippen LogP contribution >= 0.6 is 0 Å². The van der Waals surface area contributed by atoms with E-state index in [1.54, 1.807) is 0 Å². The first-order valence-corrected chi connectivity index (χ1v) is 7.16. The Morgan fingerprint density at radius 2 is 1.73 bits per heavy atom. The van der Waals surface area contributed by atoms with Crippen LogP contribution in [0.2, 0.25) is 0 Å². The van der Waals surface area contributed by atoms with Gasteiger partial charge in [-0.3, -0.25) is 4.99 Å². The quantitative estimate of drug-likeness (QED) is 0.539. The molecule has 2 aromatic rings. The second-order valence-corrected chi connectivity index (χ2v) is 4.87. The predicted octanol–water partition coefficient (Wildman–Crippen LogP) is 1.99. The first-order chi connectivity index (χ1) is 10.7. The summed E-state index contributed by atoms with van der Waals surface area (Å²) in [5.41, 5.74) is 7.69. The van der Waals surface area contributed by atoms with Crippen molar-refractivity contribution in [2.45, 2.75) is 12.7 Å². The number of nitrogens with one attached hydrogen (secondary N) is 1. The molecule has 0 amide bonds. The van der Waals surface area contributed by atoms with E-state index < -0.39 is 6.10 Å². The van der Waals surface area contributed by atoms with E-state index in [2.05, 4.69) is 10.3 Å². The Morgan fingerprint density at radius 1 is 1.09 bits per heavy atom. The summed E-state index contributed by atoms with van der Waals surface area (Å²) in [6.07, 6.45) is -0.681. The number of para-hydroxylation sites is 1. The van der Waals surface area contributed by atoms with Gasteiger partial charge in [-0.2, -0.15) is 0 Å². The Balaban J connectivity index is 1.68. The number of rotatable bonds is 7. The fourth-order valence-electron chi connectivity index (χ4n) is 1.85. The summed E-state index contributed by atoms with van der Waals surface area (Å²) in [6.45, 7) is 0.886. The molecule has 0 spiro atoms. The van der Waals surface area contributed by atoms with E-state index in [1.807, 2.05) is 60.7 Å². The third-order valence-corrected chi connectivity index (χ3v) is 2.94. The largest absolute Gasteiger partial charge is 0.389 e. The maximum absolute atomic E-state index is 9.83. The van der Waals surface area contributed by atoms with Crippen molar-refractivity contribution in [3.63, 3.8) is 0 Å². The van der Waals surface area contributed by atoms with Gasteiger partial charge in [-0.05, 0) is 17.7 Å². The summed E-state index contributed by atoms with van der Waals surface area (Å²) < 4.78 is 5.45. The molecular weight excluding hydrogens is 278 g/mol. The van der Waals surface area contributed by atoms with Crippen molar-refractivity contribution in [2.24, 2.45) is 10.7 Å². The average molecular weight is 299 g/mol. The first kappa shape index (κ1) is 16.0. The summed E-state index contributed by atoms with van der Waals surface area (Å²) in [5.74, 6) is 0.272. The molecule has 22 heavy (non-hydrogen) atoms. The number of hydrogen-bond donors (Lipinski definition) is 3. The molecule has 0 aliphatic rings. The summed E-state index contributed by atoms with van der Waals surface area (Å²) in [5, 5.41) is 12.8. The van der Waals surface area contributed by atoms with Crippen molar-refractivity contribution in [1.29, 1.82) is 0 Å². The van der Waals surface area contributed by atoms with Crippen LogP contribution in [0.15, 0.2) is 65.7 Å². The lowest BCUT2D eigenvalue weighted by Gasteiger charge is -2.10. The first-order valence-electron chi connectivity index (χ1n) is 7.16. The van der Waals surface area contributed by atoms with E-state index in [1.165, 1.54) is 0 Å². The molecule has 0 aliphatic heterocycles. The number of aliphatic imine (C=N–C) groups is 1. The molecule has 116 valence electrons. The summed E-state index contributed by atoms with van der Waals surface area (Å²) in [7, 11) is 0. The lowest BCUT2D eigenvalue weighted by Crippen LogP contribution is -2.26. The highest BCUT2D eigenvalue weighted by molar-refractivity contribution is 5.92. The van der Waals surface area contributed by atoms with Crippen LogP contribution in [0.25, 0.3) is 0 Å². The number of nitrogens with zero attached hydrogens (tertiary/aromatic N) is 1. The number of nitrogens with two attached hydrogens (primary N) is 1. The van der Waals surface area contributed by atoms with E-state index in [0.717, 1.165) is 11.3 Å². The Morgan fingerprint density at radius 3 is 2.41 bits per heavy atom. The van der Waals surface area contributed by atoms with Gasteiger partial charge in [0.2, 0.25) is 0 Å². The Kier molecular flexibility index (Phi) is 6.41. The molecule has 0 saturated carbocycles. The van der Waals surface area contributed by atoms with Crippen LogP contribution in [0.4, 0.5) is 5.69 Å². The van der Waals surface area contributed by atoms with E-state index in [-0.39, 0.29) is 19.1 Å². The SMILES string of the molecule is NC(=NCC(O)COCc1ccccc1)Nc1ccccc1. The molecule has 0 bridgehead atoms. The van der Waals surface area contributed by atoms with Crippen molar-refractivity contribution < 1.29 is 9.84 Å². The van der Waals surface area contributed by atoms with Crippen LogP contribution in [0.1, 0.15) is 5.56 Å². The van der Waals surface area contributed by atoms with Crippen LogP contribution in [0.3, 0.4) is 0 Å². The van der Waals surface area contributed by atoms with Crippen molar-refractivity contribution in [3.8, 4) is 0 Å². The highest BCUT2D eigenvalue weighted by Crippen LogP contribution is 2.04. The zero-order valence-electron chi connectivity index (χ0n) is 12.4. The fraction of sp³-hybridized carbons (Fsp3) is 0.235. The van der Waals surface area contributed by atoms with E-state index >= 15 is 0 Å². The summed E-state index contributed by atoms with van der Waals surface area (Å²) in [4.78, 5) is 4.10. The van der Waals surface area contributed by atoms with Gasteiger partial charge in [0.25, 0.3) is 0 Å². The lowest BCUT2D eigenvalue weighted by atomic mass is 10.2.